The van der Waals surface area contributed by atoms with Crippen molar-refractivity contribution >= 4 is 0 Å². The third-order valence-electron chi connectivity index (χ3n) is 2.68. The van der Waals surface area contributed by atoms with Crippen molar-refractivity contribution in [3.63, 3.8) is 0 Å². The first kappa shape index (κ1) is 11.7. The van der Waals surface area contributed by atoms with Gasteiger partial charge in [0.05, 0.1) is 19.9 Å². The number of aromatic nitrogens is 2. The zero-order valence-corrected chi connectivity index (χ0v) is 10.2. The monoisotopic (exact) mass is 231 g/mol. The Balaban J connectivity index is 2.22. The van der Waals surface area contributed by atoms with Gasteiger partial charge in [0.25, 0.3) is 0 Å². The summed E-state index contributed by atoms with van der Waals surface area (Å²) in [6.45, 7) is 3.26. The van der Waals surface area contributed by atoms with E-state index in [4.69, 9.17) is 10.5 Å². The molecule has 0 aliphatic rings. The second-order valence-electron chi connectivity index (χ2n) is 4.07. The smallest absolute Gasteiger partial charge is 0.123 e. The molecule has 2 N–H and O–H groups in total. The van der Waals surface area contributed by atoms with Crippen LogP contribution >= 0.6 is 0 Å². The Morgan fingerprint density at radius 3 is 2.82 bits per heavy atom. The molecule has 0 unspecified atom stereocenters. The van der Waals surface area contributed by atoms with Crippen LogP contribution in [0.1, 0.15) is 16.7 Å². The number of benzene rings is 1. The van der Waals surface area contributed by atoms with E-state index in [-0.39, 0.29) is 0 Å². The molecule has 90 valence electrons. The van der Waals surface area contributed by atoms with Crippen molar-refractivity contribution in [3.8, 4) is 5.75 Å². The van der Waals surface area contributed by atoms with Gasteiger partial charge in [-0.05, 0) is 24.1 Å². The van der Waals surface area contributed by atoms with Gasteiger partial charge in [-0.1, -0.05) is 12.1 Å². The predicted molar refractivity (Wildman–Crippen MR) is 67.0 cm³/mol. The number of nitrogens with two attached hydrogens (primary N) is 1. The zero-order valence-electron chi connectivity index (χ0n) is 10.2. The number of hydrogen-bond donors (Lipinski definition) is 1. The van der Waals surface area contributed by atoms with E-state index in [1.807, 2.05) is 36.1 Å². The Bertz CT molecular complexity index is 505. The summed E-state index contributed by atoms with van der Waals surface area (Å²) in [4.78, 5) is 0. The molecule has 0 fully saturated rings. The van der Waals surface area contributed by atoms with Crippen molar-refractivity contribution in [2.24, 2.45) is 5.73 Å². The summed E-state index contributed by atoms with van der Waals surface area (Å²) in [6.07, 6.45) is 3.87. The lowest BCUT2D eigenvalue weighted by molar-refractivity contribution is 0.409. The van der Waals surface area contributed by atoms with Gasteiger partial charge in [-0.2, -0.15) is 5.10 Å². The molecule has 0 atom stereocenters. The first-order valence-corrected chi connectivity index (χ1v) is 5.58. The summed E-state index contributed by atoms with van der Waals surface area (Å²) >= 11 is 0. The largest absolute Gasteiger partial charge is 0.496 e. The van der Waals surface area contributed by atoms with E-state index < -0.39 is 0 Å². The Morgan fingerprint density at radius 1 is 1.41 bits per heavy atom. The van der Waals surface area contributed by atoms with Crippen molar-refractivity contribution in [3.05, 3.63) is 47.3 Å². The highest BCUT2D eigenvalue weighted by atomic mass is 16.5. The van der Waals surface area contributed by atoms with E-state index in [9.17, 15) is 0 Å². The van der Waals surface area contributed by atoms with Crippen LogP contribution in [0.15, 0.2) is 30.6 Å². The van der Waals surface area contributed by atoms with Gasteiger partial charge < -0.3 is 10.5 Å². The van der Waals surface area contributed by atoms with E-state index in [2.05, 4.69) is 11.2 Å². The average molecular weight is 231 g/mol. The summed E-state index contributed by atoms with van der Waals surface area (Å²) < 4.78 is 7.22. The third kappa shape index (κ3) is 2.65. The first-order chi connectivity index (χ1) is 8.22. The Kier molecular flexibility index (Phi) is 3.44. The van der Waals surface area contributed by atoms with Gasteiger partial charge in [-0.15, -0.1) is 0 Å². The number of methoxy groups -OCH3 is 1. The second kappa shape index (κ2) is 5.01. The number of hydrogen-bond acceptors (Lipinski definition) is 3. The van der Waals surface area contributed by atoms with Crippen LogP contribution in [0.5, 0.6) is 5.75 Å². The molecule has 1 aromatic carbocycles. The molecule has 4 nitrogen and oxygen atoms in total. The summed E-state index contributed by atoms with van der Waals surface area (Å²) in [5, 5.41) is 4.26. The van der Waals surface area contributed by atoms with Crippen molar-refractivity contribution in [2.45, 2.75) is 20.0 Å². The number of nitrogens with zero attached hydrogens (tertiary/aromatic N) is 2. The van der Waals surface area contributed by atoms with E-state index in [0.29, 0.717) is 6.54 Å². The van der Waals surface area contributed by atoms with Crippen LogP contribution in [0, 0.1) is 6.92 Å². The van der Waals surface area contributed by atoms with Gasteiger partial charge in [0.1, 0.15) is 5.75 Å². The quantitative estimate of drug-likeness (QED) is 0.871. The van der Waals surface area contributed by atoms with Gasteiger partial charge in [0, 0.05) is 18.3 Å². The minimum Gasteiger partial charge on any atom is -0.496 e. The molecule has 1 heterocycles. The van der Waals surface area contributed by atoms with Crippen LogP contribution in [0.4, 0.5) is 0 Å². The van der Waals surface area contributed by atoms with Crippen LogP contribution in [-0.4, -0.2) is 16.9 Å². The first-order valence-electron chi connectivity index (χ1n) is 5.58. The summed E-state index contributed by atoms with van der Waals surface area (Å²) in [6, 6.07) is 6.07. The van der Waals surface area contributed by atoms with Crippen LogP contribution in [0.25, 0.3) is 0 Å². The Hall–Kier alpha value is -1.81. The van der Waals surface area contributed by atoms with Crippen LogP contribution in [-0.2, 0) is 13.1 Å². The lowest BCUT2D eigenvalue weighted by Gasteiger charge is -2.09. The maximum absolute atomic E-state index is 5.63. The normalized spacial score (nSPS) is 10.5. The van der Waals surface area contributed by atoms with Crippen LogP contribution in [0.2, 0.25) is 0 Å². The van der Waals surface area contributed by atoms with Gasteiger partial charge in [0.2, 0.25) is 0 Å². The highest BCUT2D eigenvalue weighted by molar-refractivity contribution is 5.37. The van der Waals surface area contributed by atoms with Gasteiger partial charge in [-0.3, -0.25) is 4.68 Å². The second-order valence-corrected chi connectivity index (χ2v) is 4.07. The lowest BCUT2D eigenvalue weighted by Crippen LogP contribution is -2.03. The molecule has 0 amide bonds. The predicted octanol–water partition coefficient (Wildman–Crippen LogP) is 1.71. The molecule has 0 aliphatic heterocycles. The number of ether oxygens (including phenoxy) is 1. The van der Waals surface area contributed by atoms with Gasteiger partial charge >= 0.3 is 0 Å². The fourth-order valence-corrected chi connectivity index (χ4v) is 1.80. The van der Waals surface area contributed by atoms with Crippen LogP contribution < -0.4 is 10.5 Å². The van der Waals surface area contributed by atoms with E-state index in [0.717, 1.165) is 29.0 Å². The standard InChI is InChI=1S/C13H17N3O/c1-10-7-15-16(8-10)9-11-3-4-12(6-14)13(5-11)17-2/h3-5,7-8H,6,9,14H2,1-2H3. The molecule has 0 saturated carbocycles. The van der Waals surface area contributed by atoms with Crippen LogP contribution in [0.3, 0.4) is 0 Å². The SMILES string of the molecule is COc1cc(Cn2cc(C)cn2)ccc1CN. The van der Waals surface area contributed by atoms with E-state index >= 15 is 0 Å². The van der Waals surface area contributed by atoms with Crippen molar-refractivity contribution in [2.75, 3.05) is 7.11 Å². The molecule has 0 saturated heterocycles. The number of rotatable bonds is 4. The summed E-state index contributed by atoms with van der Waals surface area (Å²) in [5.74, 6) is 0.842. The molecule has 0 aliphatic carbocycles. The minimum absolute atomic E-state index is 0.490. The topological polar surface area (TPSA) is 53.1 Å². The molecule has 17 heavy (non-hydrogen) atoms. The molecule has 4 heteroatoms. The van der Waals surface area contributed by atoms with Crippen molar-refractivity contribution in [1.82, 2.24) is 9.78 Å². The zero-order chi connectivity index (χ0) is 12.3. The molecule has 0 radical (unpaired) electrons. The van der Waals surface area contributed by atoms with Gasteiger partial charge in [0.15, 0.2) is 0 Å². The maximum atomic E-state index is 5.63. The van der Waals surface area contributed by atoms with Gasteiger partial charge in [-0.25, -0.2) is 0 Å². The maximum Gasteiger partial charge on any atom is 0.123 e. The molecule has 2 rings (SSSR count). The lowest BCUT2D eigenvalue weighted by atomic mass is 10.1. The van der Waals surface area contributed by atoms with E-state index in [1.165, 1.54) is 0 Å². The average Bonchev–Trinajstić information content (AvgIpc) is 2.74. The molecule has 0 spiro atoms. The third-order valence-corrected chi connectivity index (χ3v) is 2.68. The molecular weight excluding hydrogens is 214 g/mol. The highest BCUT2D eigenvalue weighted by Crippen LogP contribution is 2.20. The molecular formula is C13H17N3O. The fraction of sp³-hybridized carbons (Fsp3) is 0.308. The highest BCUT2D eigenvalue weighted by Gasteiger charge is 2.04. The molecule has 1 aromatic heterocycles. The van der Waals surface area contributed by atoms with Crippen molar-refractivity contribution in [1.29, 1.82) is 0 Å². The fourth-order valence-electron chi connectivity index (χ4n) is 1.80. The number of aryl methyl sites for hydroxylation is 1. The van der Waals surface area contributed by atoms with E-state index in [1.54, 1.807) is 7.11 Å². The minimum atomic E-state index is 0.490. The molecule has 0 bridgehead atoms. The Morgan fingerprint density at radius 2 is 2.24 bits per heavy atom. The summed E-state index contributed by atoms with van der Waals surface area (Å²) in [7, 11) is 1.66. The Labute approximate surface area is 101 Å². The molecule has 2 aromatic rings. The van der Waals surface area contributed by atoms with Crippen molar-refractivity contribution < 1.29 is 4.74 Å². The summed E-state index contributed by atoms with van der Waals surface area (Å²) in [5.41, 5.74) is 8.97.